The third kappa shape index (κ3) is 3.30. The lowest BCUT2D eigenvalue weighted by molar-refractivity contribution is 0.330. The number of halogens is 1. The highest BCUT2D eigenvalue weighted by Crippen LogP contribution is 2.24. The van der Waals surface area contributed by atoms with Crippen LogP contribution in [0, 0.1) is 12.8 Å². The van der Waals surface area contributed by atoms with Crippen LogP contribution in [0.3, 0.4) is 0 Å². The van der Waals surface area contributed by atoms with Gasteiger partial charge >= 0.3 is 0 Å². The molecule has 3 N–H and O–H groups in total. The SMILES string of the molecule is CCC(CC)C(Cc1c(Br)c(C)nn1C)NN. The molecule has 1 unspecified atom stereocenters. The summed E-state index contributed by atoms with van der Waals surface area (Å²) >= 11 is 3.60. The zero-order valence-electron chi connectivity index (χ0n) is 11.1. The van der Waals surface area contributed by atoms with Crippen LogP contribution in [0.5, 0.6) is 0 Å². The van der Waals surface area contributed by atoms with E-state index in [1.165, 1.54) is 5.69 Å². The minimum atomic E-state index is 0.302. The Labute approximate surface area is 112 Å². The standard InChI is InChI=1S/C12H23BrN4/c1-5-9(6-2)10(15-14)7-11-12(13)8(3)16-17(11)4/h9-10,15H,5-7,14H2,1-4H3. The van der Waals surface area contributed by atoms with Crippen molar-refractivity contribution in [2.75, 3.05) is 0 Å². The first-order valence-electron chi connectivity index (χ1n) is 6.19. The normalized spacial score (nSPS) is 13.4. The van der Waals surface area contributed by atoms with Crippen molar-refractivity contribution in [1.82, 2.24) is 15.2 Å². The number of rotatable bonds is 6. The Morgan fingerprint density at radius 3 is 2.35 bits per heavy atom. The van der Waals surface area contributed by atoms with Crippen molar-refractivity contribution in [1.29, 1.82) is 0 Å². The summed E-state index contributed by atoms with van der Waals surface area (Å²) in [6, 6.07) is 0.302. The third-order valence-electron chi connectivity index (χ3n) is 3.51. The molecule has 0 bridgehead atoms. The second-order valence-corrected chi connectivity index (χ2v) is 5.32. The monoisotopic (exact) mass is 302 g/mol. The average Bonchev–Trinajstić information content (AvgIpc) is 2.55. The lowest BCUT2D eigenvalue weighted by Crippen LogP contribution is -2.42. The van der Waals surface area contributed by atoms with Gasteiger partial charge in [0, 0.05) is 19.5 Å². The van der Waals surface area contributed by atoms with Crippen molar-refractivity contribution in [2.45, 2.75) is 46.1 Å². The molecule has 1 heterocycles. The molecule has 0 aliphatic carbocycles. The lowest BCUT2D eigenvalue weighted by Gasteiger charge is -2.24. The fourth-order valence-electron chi connectivity index (χ4n) is 2.33. The second-order valence-electron chi connectivity index (χ2n) is 4.52. The number of nitrogens with one attached hydrogen (secondary N) is 1. The first kappa shape index (κ1) is 14.7. The van der Waals surface area contributed by atoms with Crippen LogP contribution in [0.25, 0.3) is 0 Å². The predicted molar refractivity (Wildman–Crippen MR) is 74.5 cm³/mol. The van der Waals surface area contributed by atoms with Crippen LogP contribution in [-0.4, -0.2) is 15.8 Å². The molecule has 1 aromatic rings. The van der Waals surface area contributed by atoms with Crippen molar-refractivity contribution >= 4 is 15.9 Å². The molecule has 1 rings (SSSR count). The van der Waals surface area contributed by atoms with Gasteiger partial charge in [0.05, 0.1) is 15.9 Å². The van der Waals surface area contributed by atoms with Crippen molar-refractivity contribution in [3.63, 3.8) is 0 Å². The fourth-order valence-corrected chi connectivity index (χ4v) is 2.83. The van der Waals surface area contributed by atoms with E-state index in [0.29, 0.717) is 12.0 Å². The number of nitrogens with zero attached hydrogens (tertiary/aromatic N) is 2. The zero-order chi connectivity index (χ0) is 13.0. The van der Waals surface area contributed by atoms with Crippen molar-refractivity contribution < 1.29 is 0 Å². The van der Waals surface area contributed by atoms with Gasteiger partial charge in [-0.05, 0) is 28.8 Å². The quantitative estimate of drug-likeness (QED) is 0.626. The summed E-state index contributed by atoms with van der Waals surface area (Å²) in [5.74, 6) is 6.28. The van der Waals surface area contributed by atoms with E-state index in [4.69, 9.17) is 5.84 Å². The number of nitrogens with two attached hydrogens (primary N) is 1. The molecule has 5 heteroatoms. The average molecular weight is 303 g/mol. The maximum Gasteiger partial charge on any atom is 0.0738 e. The largest absolute Gasteiger partial charge is 0.271 e. The molecule has 0 fully saturated rings. The Balaban J connectivity index is 2.87. The minimum absolute atomic E-state index is 0.302. The summed E-state index contributed by atoms with van der Waals surface area (Å²) in [7, 11) is 1.98. The molecule has 0 aromatic carbocycles. The molecule has 98 valence electrons. The third-order valence-corrected chi connectivity index (χ3v) is 4.54. The molecule has 0 radical (unpaired) electrons. The van der Waals surface area contributed by atoms with Gasteiger partial charge in [0.2, 0.25) is 0 Å². The molecule has 0 amide bonds. The summed E-state index contributed by atoms with van der Waals surface area (Å²) in [6.45, 7) is 6.43. The Hall–Kier alpha value is -0.390. The zero-order valence-corrected chi connectivity index (χ0v) is 12.7. The van der Waals surface area contributed by atoms with E-state index >= 15 is 0 Å². The maximum atomic E-state index is 5.68. The Morgan fingerprint density at radius 1 is 1.41 bits per heavy atom. The minimum Gasteiger partial charge on any atom is -0.271 e. The summed E-state index contributed by atoms with van der Waals surface area (Å²) in [5.41, 5.74) is 5.19. The molecular formula is C12H23BrN4. The van der Waals surface area contributed by atoms with Crippen LogP contribution in [0.15, 0.2) is 4.47 Å². The van der Waals surface area contributed by atoms with E-state index in [-0.39, 0.29) is 0 Å². The molecular weight excluding hydrogens is 280 g/mol. The van der Waals surface area contributed by atoms with Crippen LogP contribution in [0.2, 0.25) is 0 Å². The molecule has 1 aromatic heterocycles. The van der Waals surface area contributed by atoms with Gasteiger partial charge in [-0.25, -0.2) is 0 Å². The number of hydrogen-bond acceptors (Lipinski definition) is 3. The molecule has 17 heavy (non-hydrogen) atoms. The number of aromatic nitrogens is 2. The van der Waals surface area contributed by atoms with Crippen LogP contribution >= 0.6 is 15.9 Å². The highest BCUT2D eigenvalue weighted by atomic mass is 79.9. The van der Waals surface area contributed by atoms with Gasteiger partial charge in [-0.15, -0.1) is 0 Å². The van der Waals surface area contributed by atoms with Gasteiger partial charge in [-0.1, -0.05) is 26.7 Å². The van der Waals surface area contributed by atoms with E-state index in [9.17, 15) is 0 Å². The second kappa shape index (κ2) is 6.52. The molecule has 0 spiro atoms. The molecule has 0 saturated heterocycles. The van der Waals surface area contributed by atoms with E-state index in [2.05, 4.69) is 40.3 Å². The first-order chi connectivity index (χ1) is 8.04. The summed E-state index contributed by atoms with van der Waals surface area (Å²) in [6.07, 6.45) is 3.18. The summed E-state index contributed by atoms with van der Waals surface area (Å²) < 4.78 is 3.04. The number of hydrazine groups is 1. The molecule has 1 atom stereocenters. The molecule has 0 saturated carbocycles. The number of aryl methyl sites for hydroxylation is 2. The fraction of sp³-hybridized carbons (Fsp3) is 0.750. The highest BCUT2D eigenvalue weighted by molar-refractivity contribution is 9.10. The van der Waals surface area contributed by atoms with Gasteiger partial charge in [0.25, 0.3) is 0 Å². The highest BCUT2D eigenvalue weighted by Gasteiger charge is 2.21. The van der Waals surface area contributed by atoms with Gasteiger partial charge in [-0.3, -0.25) is 16.0 Å². The van der Waals surface area contributed by atoms with Gasteiger partial charge in [0.1, 0.15) is 0 Å². The Kier molecular flexibility index (Phi) is 5.62. The van der Waals surface area contributed by atoms with Gasteiger partial charge in [-0.2, -0.15) is 5.10 Å². The summed E-state index contributed by atoms with van der Waals surface area (Å²) in [4.78, 5) is 0. The maximum absolute atomic E-state index is 5.68. The Morgan fingerprint density at radius 2 is 2.00 bits per heavy atom. The smallest absolute Gasteiger partial charge is 0.0738 e. The van der Waals surface area contributed by atoms with Gasteiger partial charge < -0.3 is 0 Å². The van der Waals surface area contributed by atoms with Crippen molar-refractivity contribution in [2.24, 2.45) is 18.8 Å². The topological polar surface area (TPSA) is 55.9 Å². The van der Waals surface area contributed by atoms with Gasteiger partial charge in [0.15, 0.2) is 0 Å². The van der Waals surface area contributed by atoms with E-state index in [0.717, 1.165) is 29.4 Å². The van der Waals surface area contributed by atoms with E-state index in [1.807, 2.05) is 18.7 Å². The number of hydrogen-bond donors (Lipinski definition) is 2. The van der Waals surface area contributed by atoms with Crippen LogP contribution < -0.4 is 11.3 Å². The van der Waals surface area contributed by atoms with Crippen molar-refractivity contribution in [3.8, 4) is 0 Å². The lowest BCUT2D eigenvalue weighted by atomic mass is 9.91. The predicted octanol–water partition coefficient (Wildman–Crippen LogP) is 2.30. The molecule has 4 nitrogen and oxygen atoms in total. The van der Waals surface area contributed by atoms with E-state index < -0.39 is 0 Å². The molecule has 0 aliphatic heterocycles. The molecule has 0 aliphatic rings. The first-order valence-corrected chi connectivity index (χ1v) is 6.98. The summed E-state index contributed by atoms with van der Waals surface area (Å²) in [5, 5.41) is 4.41. The van der Waals surface area contributed by atoms with Crippen LogP contribution in [0.1, 0.15) is 38.1 Å². The van der Waals surface area contributed by atoms with Crippen molar-refractivity contribution in [3.05, 3.63) is 15.9 Å². The Bertz CT molecular complexity index is 358. The van der Waals surface area contributed by atoms with Crippen LogP contribution in [0.4, 0.5) is 0 Å². The van der Waals surface area contributed by atoms with Crippen LogP contribution in [-0.2, 0) is 13.5 Å². The van der Waals surface area contributed by atoms with E-state index in [1.54, 1.807) is 0 Å².